The number of hydrogen-bond donors (Lipinski definition) is 2. The van der Waals surface area contributed by atoms with E-state index in [9.17, 15) is 9.59 Å². The van der Waals surface area contributed by atoms with Gasteiger partial charge >= 0.3 is 0 Å². The van der Waals surface area contributed by atoms with Crippen LogP contribution in [0.3, 0.4) is 0 Å². The highest BCUT2D eigenvalue weighted by atomic mass is 16.5. The summed E-state index contributed by atoms with van der Waals surface area (Å²) in [4.78, 5) is 30.7. The fraction of sp³-hybridized carbons (Fsp3) is 0.600. The van der Waals surface area contributed by atoms with Crippen molar-refractivity contribution in [1.29, 1.82) is 0 Å². The van der Waals surface area contributed by atoms with E-state index in [-0.39, 0.29) is 30.3 Å². The Hall–Kier alpha value is -2.68. The Morgan fingerprint density at radius 2 is 2.03 bits per heavy atom. The summed E-state index contributed by atoms with van der Waals surface area (Å²) in [5.41, 5.74) is 0. The molecule has 2 N–H and O–H groups in total. The summed E-state index contributed by atoms with van der Waals surface area (Å²) in [5.74, 6) is 1.42. The van der Waals surface area contributed by atoms with Crippen LogP contribution in [0, 0.1) is 0 Å². The monoisotopic (exact) mass is 401 g/mol. The van der Waals surface area contributed by atoms with Crippen LogP contribution in [-0.2, 0) is 16.0 Å². The summed E-state index contributed by atoms with van der Waals surface area (Å²) in [5, 5.41) is 9.89. The van der Waals surface area contributed by atoms with E-state index in [1.807, 2.05) is 7.05 Å². The molecule has 4 rings (SSSR count). The SMILES string of the molecule is CN1[C@@H](CC(=O)NC2CC2)CC[C@H]1CNC(=O)CCc1nc(-c2ccco2)no1. The molecule has 1 saturated carbocycles. The molecule has 2 aromatic heterocycles. The van der Waals surface area contributed by atoms with E-state index in [0.29, 0.717) is 42.9 Å². The molecule has 0 unspecified atom stereocenters. The van der Waals surface area contributed by atoms with Crippen molar-refractivity contribution in [2.75, 3.05) is 13.6 Å². The molecule has 9 heteroatoms. The number of nitrogens with zero attached hydrogens (tertiary/aromatic N) is 3. The number of aryl methyl sites for hydroxylation is 1. The van der Waals surface area contributed by atoms with E-state index >= 15 is 0 Å². The Bertz CT molecular complexity index is 830. The summed E-state index contributed by atoms with van der Waals surface area (Å²) in [6.45, 7) is 0.581. The summed E-state index contributed by atoms with van der Waals surface area (Å²) in [6.07, 6.45) is 6.91. The number of likely N-dealkylation sites (N-methyl/N-ethyl adjacent to an activating group) is 1. The van der Waals surface area contributed by atoms with Crippen LogP contribution >= 0.6 is 0 Å². The molecule has 2 aromatic rings. The molecule has 0 aromatic carbocycles. The maximum absolute atomic E-state index is 12.2. The molecule has 2 atom stereocenters. The predicted octanol–water partition coefficient (Wildman–Crippen LogP) is 1.51. The van der Waals surface area contributed by atoms with Crippen molar-refractivity contribution in [2.24, 2.45) is 0 Å². The number of rotatable bonds is 9. The Labute approximate surface area is 169 Å². The van der Waals surface area contributed by atoms with Crippen molar-refractivity contribution >= 4 is 11.8 Å². The zero-order valence-electron chi connectivity index (χ0n) is 16.6. The highest BCUT2D eigenvalue weighted by Gasteiger charge is 2.33. The fourth-order valence-electron chi connectivity index (χ4n) is 3.71. The van der Waals surface area contributed by atoms with E-state index in [0.717, 1.165) is 25.7 Å². The molecule has 1 aliphatic heterocycles. The van der Waals surface area contributed by atoms with Gasteiger partial charge in [0.15, 0.2) is 5.76 Å². The molecule has 1 saturated heterocycles. The fourth-order valence-corrected chi connectivity index (χ4v) is 3.71. The van der Waals surface area contributed by atoms with Crippen LogP contribution in [0.5, 0.6) is 0 Å². The normalized spacial score (nSPS) is 22.0. The van der Waals surface area contributed by atoms with Crippen LogP contribution in [0.1, 0.15) is 44.4 Å². The van der Waals surface area contributed by atoms with E-state index in [1.54, 1.807) is 18.4 Å². The summed E-state index contributed by atoms with van der Waals surface area (Å²) in [6, 6.07) is 4.41. The molecule has 156 valence electrons. The number of nitrogens with one attached hydrogen (secondary N) is 2. The van der Waals surface area contributed by atoms with Crippen LogP contribution in [0.4, 0.5) is 0 Å². The van der Waals surface area contributed by atoms with Crippen LogP contribution in [0.25, 0.3) is 11.6 Å². The Morgan fingerprint density at radius 1 is 1.21 bits per heavy atom. The topological polar surface area (TPSA) is 114 Å². The van der Waals surface area contributed by atoms with Crippen LogP contribution < -0.4 is 10.6 Å². The highest BCUT2D eigenvalue weighted by molar-refractivity contribution is 5.77. The first-order valence-electron chi connectivity index (χ1n) is 10.2. The molecular formula is C20H27N5O4. The second kappa shape index (κ2) is 8.77. The number of aromatic nitrogens is 2. The van der Waals surface area contributed by atoms with Gasteiger partial charge in [-0.1, -0.05) is 5.16 Å². The van der Waals surface area contributed by atoms with Crippen molar-refractivity contribution < 1.29 is 18.5 Å². The van der Waals surface area contributed by atoms with Crippen LogP contribution in [0.2, 0.25) is 0 Å². The lowest BCUT2D eigenvalue weighted by Gasteiger charge is -2.25. The van der Waals surface area contributed by atoms with Gasteiger partial charge in [0.1, 0.15) is 0 Å². The van der Waals surface area contributed by atoms with Gasteiger partial charge in [0.05, 0.1) is 6.26 Å². The van der Waals surface area contributed by atoms with Crippen molar-refractivity contribution in [2.45, 2.75) is 63.1 Å². The first-order chi connectivity index (χ1) is 14.1. The quantitative estimate of drug-likeness (QED) is 0.655. The van der Waals surface area contributed by atoms with E-state index < -0.39 is 0 Å². The number of carbonyl (C=O) groups is 2. The average Bonchev–Trinajstić information content (AvgIpc) is 3.11. The Kier molecular flexibility index (Phi) is 5.94. The molecule has 1 aliphatic carbocycles. The first kappa shape index (κ1) is 19.6. The standard InChI is InChI=1S/C20H27N5O4/c1-25-14(11-18(27)22-13-4-5-13)6-7-15(25)12-21-17(26)8-9-19-23-20(24-29-19)16-3-2-10-28-16/h2-3,10,13-15H,4-9,11-12H2,1H3,(H,21,26)(H,22,27)/t14-,15+/m1/s1. The van der Waals surface area contributed by atoms with E-state index in [1.165, 1.54) is 0 Å². The summed E-state index contributed by atoms with van der Waals surface area (Å²) >= 11 is 0. The van der Waals surface area contributed by atoms with Gasteiger partial charge in [0.25, 0.3) is 0 Å². The molecule has 2 amide bonds. The zero-order valence-corrected chi connectivity index (χ0v) is 16.6. The van der Waals surface area contributed by atoms with Crippen molar-refractivity contribution in [3.8, 4) is 11.6 Å². The van der Waals surface area contributed by atoms with Crippen molar-refractivity contribution in [3.63, 3.8) is 0 Å². The second-order valence-corrected chi connectivity index (χ2v) is 7.89. The van der Waals surface area contributed by atoms with Gasteiger partial charge in [0.2, 0.25) is 23.5 Å². The minimum atomic E-state index is -0.0499. The van der Waals surface area contributed by atoms with Gasteiger partial charge in [-0.3, -0.25) is 14.5 Å². The molecule has 9 nitrogen and oxygen atoms in total. The molecule has 2 aliphatic rings. The van der Waals surface area contributed by atoms with Gasteiger partial charge in [-0.2, -0.15) is 4.98 Å². The molecule has 2 fully saturated rings. The molecule has 0 radical (unpaired) electrons. The average molecular weight is 401 g/mol. The number of hydrogen-bond acceptors (Lipinski definition) is 7. The van der Waals surface area contributed by atoms with Crippen molar-refractivity contribution in [1.82, 2.24) is 25.7 Å². The smallest absolute Gasteiger partial charge is 0.238 e. The Balaban J connectivity index is 1.16. The third-order valence-corrected chi connectivity index (χ3v) is 5.66. The zero-order chi connectivity index (χ0) is 20.2. The summed E-state index contributed by atoms with van der Waals surface area (Å²) in [7, 11) is 2.04. The van der Waals surface area contributed by atoms with Gasteiger partial charge < -0.3 is 19.6 Å². The minimum absolute atomic E-state index is 0.0499. The third kappa shape index (κ3) is 5.23. The van der Waals surface area contributed by atoms with E-state index in [2.05, 4.69) is 25.7 Å². The van der Waals surface area contributed by atoms with Gasteiger partial charge in [0, 0.05) is 43.9 Å². The minimum Gasteiger partial charge on any atom is -0.461 e. The number of amides is 2. The lowest BCUT2D eigenvalue weighted by molar-refractivity contribution is -0.123. The predicted molar refractivity (Wildman–Crippen MR) is 104 cm³/mol. The highest BCUT2D eigenvalue weighted by Crippen LogP contribution is 2.25. The largest absolute Gasteiger partial charge is 0.461 e. The molecule has 0 bridgehead atoms. The van der Waals surface area contributed by atoms with Gasteiger partial charge in [-0.05, 0) is 44.9 Å². The van der Waals surface area contributed by atoms with Crippen LogP contribution in [-0.4, -0.2) is 58.6 Å². The van der Waals surface area contributed by atoms with E-state index in [4.69, 9.17) is 8.94 Å². The Morgan fingerprint density at radius 3 is 2.79 bits per heavy atom. The lowest BCUT2D eigenvalue weighted by Crippen LogP contribution is -2.42. The summed E-state index contributed by atoms with van der Waals surface area (Å²) < 4.78 is 10.4. The maximum Gasteiger partial charge on any atom is 0.238 e. The molecular weight excluding hydrogens is 374 g/mol. The third-order valence-electron chi connectivity index (χ3n) is 5.66. The van der Waals surface area contributed by atoms with Gasteiger partial charge in [-0.25, -0.2) is 0 Å². The van der Waals surface area contributed by atoms with Crippen molar-refractivity contribution in [3.05, 3.63) is 24.3 Å². The van der Waals surface area contributed by atoms with Gasteiger partial charge in [-0.15, -0.1) is 0 Å². The molecule has 29 heavy (non-hydrogen) atoms. The maximum atomic E-state index is 12.2. The first-order valence-corrected chi connectivity index (χ1v) is 10.2. The molecule has 3 heterocycles. The second-order valence-electron chi connectivity index (χ2n) is 7.89. The number of carbonyl (C=O) groups excluding carboxylic acids is 2. The number of likely N-dealkylation sites (tertiary alicyclic amines) is 1. The van der Waals surface area contributed by atoms with Crippen LogP contribution in [0.15, 0.2) is 27.3 Å². The lowest BCUT2D eigenvalue weighted by atomic mass is 10.1. The number of furan rings is 1. The molecule has 0 spiro atoms.